The number of ether oxygens (including phenoxy) is 6. The number of rotatable bonds is 25. The van der Waals surface area contributed by atoms with Gasteiger partial charge in [-0.2, -0.15) is 0 Å². The molecular formula is C57H82N6O12S. The molecule has 4 aliphatic rings. The summed E-state index contributed by atoms with van der Waals surface area (Å²) in [7, 11) is 0. The number of hydrogen-bond acceptors (Lipinski definition) is 16. The highest BCUT2D eigenvalue weighted by molar-refractivity contribution is 7.13. The molecule has 2 saturated heterocycles. The molecule has 0 radical (unpaired) electrons. The zero-order valence-electron chi connectivity index (χ0n) is 46.0. The SMILES string of the molecule is Cc1cc(C)c(C2=C(O)[C@]3(CC[C@H](OCCOCCN4CCN(CCOCCOCCOCC(=O)N[C@H](C(=O)N5C[C@H](O)C[C@H]5C(=O)NC(C)c5ccc(-c6scnc6C)cc5)C(C)(C)C)CC4)CC3)OC2=O)c(C)c1. The molecule has 7 rings (SSSR count). The summed E-state index contributed by atoms with van der Waals surface area (Å²) in [4.78, 5) is 65.4. The van der Waals surface area contributed by atoms with Gasteiger partial charge in [0.1, 0.15) is 24.3 Å². The molecule has 19 heteroatoms. The Labute approximate surface area is 452 Å². The maximum absolute atomic E-state index is 14.0. The lowest BCUT2D eigenvalue weighted by molar-refractivity contribution is -0.152. The van der Waals surface area contributed by atoms with Crippen LogP contribution in [0, 0.1) is 33.1 Å². The first-order valence-corrected chi connectivity index (χ1v) is 27.9. The van der Waals surface area contributed by atoms with Crippen molar-refractivity contribution in [2.45, 2.75) is 123 Å². The van der Waals surface area contributed by atoms with E-state index in [0.717, 1.165) is 83.2 Å². The fourth-order valence-corrected chi connectivity index (χ4v) is 11.6. The third kappa shape index (κ3) is 15.5. The van der Waals surface area contributed by atoms with Crippen molar-refractivity contribution in [1.29, 1.82) is 0 Å². The fourth-order valence-electron chi connectivity index (χ4n) is 10.8. The van der Waals surface area contributed by atoms with Crippen LogP contribution in [0.2, 0.25) is 0 Å². The van der Waals surface area contributed by atoms with Crippen molar-refractivity contribution in [3.63, 3.8) is 0 Å². The summed E-state index contributed by atoms with van der Waals surface area (Å²) in [5, 5.41) is 27.8. The van der Waals surface area contributed by atoms with Gasteiger partial charge in [-0.15, -0.1) is 11.3 Å². The van der Waals surface area contributed by atoms with Gasteiger partial charge in [0, 0.05) is 52.2 Å². The van der Waals surface area contributed by atoms with Crippen molar-refractivity contribution in [1.82, 2.24) is 30.3 Å². The molecule has 1 saturated carbocycles. The lowest BCUT2D eigenvalue weighted by Gasteiger charge is -2.35. The van der Waals surface area contributed by atoms with Gasteiger partial charge in [-0.3, -0.25) is 24.2 Å². The Morgan fingerprint density at radius 3 is 2.00 bits per heavy atom. The maximum atomic E-state index is 14.0. The summed E-state index contributed by atoms with van der Waals surface area (Å²) >= 11 is 1.58. The highest BCUT2D eigenvalue weighted by Gasteiger charge is 2.51. The number of hydrogen-bond donors (Lipinski definition) is 4. The van der Waals surface area contributed by atoms with Gasteiger partial charge in [0.05, 0.1) is 87.2 Å². The average molecular weight is 1080 g/mol. The van der Waals surface area contributed by atoms with Gasteiger partial charge in [-0.25, -0.2) is 9.78 Å². The molecule has 418 valence electrons. The maximum Gasteiger partial charge on any atom is 0.343 e. The molecule has 0 bridgehead atoms. The van der Waals surface area contributed by atoms with Crippen LogP contribution in [-0.2, 0) is 47.6 Å². The molecule has 3 fully saturated rings. The minimum atomic E-state index is -0.969. The van der Waals surface area contributed by atoms with Crippen LogP contribution < -0.4 is 10.6 Å². The summed E-state index contributed by atoms with van der Waals surface area (Å²) in [5.74, 6) is -1.66. The summed E-state index contributed by atoms with van der Waals surface area (Å²) in [6.45, 7) is 24.1. The van der Waals surface area contributed by atoms with Gasteiger partial charge >= 0.3 is 5.97 Å². The smallest absolute Gasteiger partial charge is 0.343 e. The minimum absolute atomic E-state index is 0.0157. The van der Waals surface area contributed by atoms with Gasteiger partial charge in [-0.05, 0) is 93.5 Å². The summed E-state index contributed by atoms with van der Waals surface area (Å²) in [6, 6.07) is 9.79. The number of nitrogens with zero attached hydrogens (tertiary/aromatic N) is 4. The fraction of sp³-hybridized carbons (Fsp3) is 0.632. The van der Waals surface area contributed by atoms with Crippen LogP contribution in [0.1, 0.15) is 99.4 Å². The number of aliphatic hydroxyl groups excluding tert-OH is 2. The van der Waals surface area contributed by atoms with Crippen LogP contribution in [0.3, 0.4) is 0 Å². The lowest BCUT2D eigenvalue weighted by Crippen LogP contribution is -2.58. The third-order valence-electron chi connectivity index (χ3n) is 15.0. The van der Waals surface area contributed by atoms with E-state index in [-0.39, 0.29) is 56.6 Å². The number of esters is 1. The lowest BCUT2D eigenvalue weighted by atomic mass is 9.80. The second-order valence-electron chi connectivity index (χ2n) is 21.9. The van der Waals surface area contributed by atoms with Crippen molar-refractivity contribution in [3.8, 4) is 10.4 Å². The number of aryl methyl sites for hydroxylation is 4. The van der Waals surface area contributed by atoms with Gasteiger partial charge in [0.2, 0.25) is 17.7 Å². The second kappa shape index (κ2) is 27.2. The Morgan fingerprint density at radius 2 is 1.42 bits per heavy atom. The highest BCUT2D eigenvalue weighted by Crippen LogP contribution is 2.47. The highest BCUT2D eigenvalue weighted by atomic mass is 32.1. The van der Waals surface area contributed by atoms with Crippen LogP contribution in [0.15, 0.2) is 47.7 Å². The Kier molecular flexibility index (Phi) is 21.0. The second-order valence-corrected chi connectivity index (χ2v) is 22.8. The Hall–Kier alpha value is -4.83. The first-order valence-electron chi connectivity index (χ1n) is 27.0. The van der Waals surface area contributed by atoms with Crippen molar-refractivity contribution < 1.29 is 57.8 Å². The number of thiazole rings is 1. The number of aliphatic hydroxyl groups is 2. The number of piperazine rings is 1. The molecule has 3 aromatic rings. The van der Waals surface area contributed by atoms with E-state index >= 15 is 0 Å². The Balaban J connectivity index is 0.688. The van der Waals surface area contributed by atoms with Crippen molar-refractivity contribution >= 4 is 40.6 Å². The standard InChI is InChI=1S/C57H82N6O12S/c1-37-31-38(2)48(39(3)32-37)49-52(66)57(75-55(49)69)15-13-45(14-16-57)74-30-29-71-24-22-62-19-17-61(18-20-62)21-23-70-25-26-72-27-28-73-35-47(65)60-51(56(6,7)8)54(68)63-34-44(64)33-46(63)53(67)59-40(4)42-9-11-43(12-10-42)50-41(5)58-36-76-50/h9-12,31-32,36,40,44-46,51,64,66H,13-30,33-35H2,1-8H3,(H,59,67)(H,60,65)/t40?,44-,45-,46+,51-,57+/m1/s1. The van der Waals surface area contributed by atoms with Crippen LogP contribution in [0.5, 0.6) is 0 Å². The topological polar surface area (TPSA) is 211 Å². The average Bonchev–Trinajstić information content (AvgIpc) is 4.09. The Bertz CT molecular complexity index is 2440. The molecule has 4 atom stereocenters. The van der Waals surface area contributed by atoms with E-state index in [9.17, 15) is 29.4 Å². The zero-order chi connectivity index (χ0) is 54.6. The number of carbonyl (C=O) groups excluding carboxylic acids is 4. The zero-order valence-corrected chi connectivity index (χ0v) is 46.8. The predicted octanol–water partition coefficient (Wildman–Crippen LogP) is 5.62. The number of amides is 3. The Morgan fingerprint density at radius 1 is 0.842 bits per heavy atom. The van der Waals surface area contributed by atoms with Gasteiger partial charge in [0.15, 0.2) is 11.4 Å². The number of likely N-dealkylation sites (tertiary alicyclic amines) is 1. The molecule has 4 N–H and O–H groups in total. The number of β-amino-alcohol motifs (C(OH)–C–C–N with tert-alkyl or cyclic N) is 1. The molecule has 4 heterocycles. The molecule has 1 aromatic heterocycles. The molecule has 2 aromatic carbocycles. The summed E-state index contributed by atoms with van der Waals surface area (Å²) < 4.78 is 35.0. The molecule has 1 spiro atoms. The monoisotopic (exact) mass is 1070 g/mol. The van der Waals surface area contributed by atoms with Gasteiger partial charge in [-0.1, -0.05) is 62.7 Å². The molecule has 18 nitrogen and oxygen atoms in total. The molecular weight excluding hydrogens is 993 g/mol. The third-order valence-corrected chi connectivity index (χ3v) is 16.0. The first-order chi connectivity index (χ1) is 36.3. The van der Waals surface area contributed by atoms with Crippen LogP contribution in [-0.4, -0.2) is 189 Å². The molecule has 76 heavy (non-hydrogen) atoms. The predicted molar refractivity (Wildman–Crippen MR) is 290 cm³/mol. The molecule has 1 unspecified atom stereocenters. The number of carbonyl (C=O) groups is 4. The van der Waals surface area contributed by atoms with Crippen LogP contribution >= 0.6 is 11.3 Å². The minimum Gasteiger partial charge on any atom is -0.507 e. The quantitative estimate of drug-likeness (QED) is 0.0600. The number of aromatic nitrogens is 1. The van der Waals surface area contributed by atoms with Gasteiger partial charge in [0.25, 0.3) is 0 Å². The largest absolute Gasteiger partial charge is 0.507 e. The van der Waals surface area contributed by atoms with E-state index < -0.39 is 47.0 Å². The van der Waals surface area contributed by atoms with E-state index in [2.05, 4.69) is 25.4 Å². The molecule has 1 aliphatic carbocycles. The van der Waals surface area contributed by atoms with Crippen LogP contribution in [0.25, 0.3) is 16.0 Å². The first kappa shape index (κ1) is 58.8. The number of benzene rings is 2. The summed E-state index contributed by atoms with van der Waals surface area (Å²) in [6.07, 6.45) is 1.69. The molecule has 3 aliphatic heterocycles. The van der Waals surface area contributed by atoms with E-state index in [1.807, 2.05) is 97.3 Å². The van der Waals surface area contributed by atoms with Crippen molar-refractivity contribution in [2.24, 2.45) is 5.41 Å². The van der Waals surface area contributed by atoms with E-state index in [1.54, 1.807) is 11.3 Å². The van der Waals surface area contributed by atoms with E-state index in [1.165, 1.54) is 4.90 Å². The van der Waals surface area contributed by atoms with E-state index in [0.29, 0.717) is 70.9 Å². The normalized spacial score (nSPS) is 22.3. The van der Waals surface area contributed by atoms with Crippen LogP contribution in [0.4, 0.5) is 0 Å². The van der Waals surface area contributed by atoms with Crippen molar-refractivity contribution in [2.75, 3.05) is 105 Å². The summed E-state index contributed by atoms with van der Waals surface area (Å²) in [5.41, 5.74) is 7.17. The van der Waals surface area contributed by atoms with Crippen molar-refractivity contribution in [3.05, 3.63) is 81.2 Å². The van der Waals surface area contributed by atoms with E-state index in [4.69, 9.17) is 28.4 Å². The molecule has 3 amide bonds. The van der Waals surface area contributed by atoms with Gasteiger partial charge < -0.3 is 54.2 Å². The number of nitrogens with one attached hydrogen (secondary N) is 2.